The van der Waals surface area contributed by atoms with Crippen LogP contribution in [-0.4, -0.2) is 55.0 Å². The zero-order chi connectivity index (χ0) is 10.4. The normalized spacial score (nSPS) is 27.2. The lowest BCUT2D eigenvalue weighted by molar-refractivity contribution is -0.137. The molecule has 0 amide bonds. The molecule has 2 unspecified atom stereocenters. The van der Waals surface area contributed by atoms with Crippen molar-refractivity contribution in [1.82, 2.24) is 5.32 Å². The van der Waals surface area contributed by atoms with Gasteiger partial charge in [0.15, 0.2) is 0 Å². The summed E-state index contributed by atoms with van der Waals surface area (Å²) in [5.74, 6) is 0. The number of aliphatic hydroxyl groups is 2. The second-order valence-corrected chi connectivity index (χ2v) is 3.89. The van der Waals surface area contributed by atoms with Crippen LogP contribution in [0.2, 0.25) is 0 Å². The van der Waals surface area contributed by atoms with Crippen LogP contribution >= 0.6 is 0 Å². The van der Waals surface area contributed by atoms with Gasteiger partial charge in [-0.3, -0.25) is 0 Å². The molecule has 1 heterocycles. The molecule has 0 spiro atoms. The van der Waals surface area contributed by atoms with Crippen molar-refractivity contribution in [3.63, 3.8) is 0 Å². The summed E-state index contributed by atoms with van der Waals surface area (Å²) in [6.45, 7) is 3.47. The smallest absolute Gasteiger partial charge is 0.147 e. The van der Waals surface area contributed by atoms with Crippen molar-refractivity contribution in [3.05, 3.63) is 0 Å². The zero-order valence-corrected chi connectivity index (χ0v) is 8.53. The molecule has 0 aromatic rings. The van der Waals surface area contributed by atoms with Crippen LogP contribution in [-0.2, 0) is 9.47 Å². The number of hydrogen-bond donors (Lipinski definition) is 3. The fourth-order valence-corrected chi connectivity index (χ4v) is 1.22. The maximum atomic E-state index is 9.47. The van der Waals surface area contributed by atoms with E-state index in [9.17, 15) is 5.11 Å². The Labute approximate surface area is 84.0 Å². The van der Waals surface area contributed by atoms with Gasteiger partial charge in [0.2, 0.25) is 0 Å². The Morgan fingerprint density at radius 1 is 1.57 bits per heavy atom. The third-order valence-corrected chi connectivity index (χ3v) is 2.19. The molecule has 0 aliphatic carbocycles. The predicted molar refractivity (Wildman–Crippen MR) is 50.9 cm³/mol. The van der Waals surface area contributed by atoms with Crippen molar-refractivity contribution in [1.29, 1.82) is 0 Å². The highest BCUT2D eigenvalue weighted by molar-refractivity contribution is 4.75. The van der Waals surface area contributed by atoms with Crippen LogP contribution < -0.4 is 5.32 Å². The number of hydrogen-bond acceptors (Lipinski definition) is 5. The molecule has 1 fully saturated rings. The summed E-state index contributed by atoms with van der Waals surface area (Å²) in [6.07, 6.45) is 1.02. The average molecular weight is 205 g/mol. The molecule has 14 heavy (non-hydrogen) atoms. The molecule has 0 saturated carbocycles. The van der Waals surface area contributed by atoms with Crippen LogP contribution in [0.1, 0.15) is 13.3 Å². The van der Waals surface area contributed by atoms with E-state index in [4.69, 9.17) is 14.6 Å². The molecule has 2 atom stereocenters. The zero-order valence-electron chi connectivity index (χ0n) is 8.53. The summed E-state index contributed by atoms with van der Waals surface area (Å²) in [5.41, 5.74) is -1.05. The van der Waals surface area contributed by atoms with Crippen molar-refractivity contribution in [2.75, 3.05) is 33.1 Å². The second kappa shape index (κ2) is 5.63. The largest absolute Gasteiger partial charge is 0.393 e. The first-order valence-electron chi connectivity index (χ1n) is 4.87. The molecule has 5 heteroatoms. The highest BCUT2D eigenvalue weighted by Gasteiger charge is 2.20. The molecule has 1 aliphatic heterocycles. The number of aliphatic hydroxyl groups excluding tert-OH is 1. The highest BCUT2D eigenvalue weighted by Crippen LogP contribution is 2.05. The number of rotatable bonds is 5. The van der Waals surface area contributed by atoms with E-state index in [1.54, 1.807) is 6.92 Å². The minimum absolute atomic E-state index is 0.151. The van der Waals surface area contributed by atoms with Crippen molar-refractivity contribution >= 4 is 0 Å². The lowest BCUT2D eigenvalue weighted by Crippen LogP contribution is -2.44. The van der Waals surface area contributed by atoms with Gasteiger partial charge in [0.05, 0.1) is 24.9 Å². The minimum atomic E-state index is -1.05. The predicted octanol–water partition coefficient (Wildman–Crippen LogP) is -0.918. The SMILES string of the molecule is CC(O)(CO)CNCC1CCOCO1. The van der Waals surface area contributed by atoms with Crippen LogP contribution in [0.3, 0.4) is 0 Å². The third-order valence-electron chi connectivity index (χ3n) is 2.19. The van der Waals surface area contributed by atoms with Gasteiger partial charge in [-0.2, -0.15) is 0 Å². The van der Waals surface area contributed by atoms with Crippen molar-refractivity contribution in [2.45, 2.75) is 25.0 Å². The summed E-state index contributed by atoms with van der Waals surface area (Å²) < 4.78 is 10.3. The second-order valence-electron chi connectivity index (χ2n) is 3.89. The Balaban J connectivity index is 2.08. The standard InChI is InChI=1S/C9H19NO4/c1-9(12,6-11)5-10-4-8-2-3-13-7-14-8/h8,10-12H,2-7H2,1H3. The number of nitrogens with one attached hydrogen (secondary N) is 1. The van der Waals surface area contributed by atoms with Crippen LogP contribution in [0.4, 0.5) is 0 Å². The molecule has 1 saturated heterocycles. The van der Waals surface area contributed by atoms with Gasteiger partial charge in [-0.1, -0.05) is 0 Å². The van der Waals surface area contributed by atoms with Gasteiger partial charge in [-0.25, -0.2) is 0 Å². The first-order chi connectivity index (χ1) is 6.64. The molecule has 84 valence electrons. The Morgan fingerprint density at radius 2 is 2.36 bits per heavy atom. The van der Waals surface area contributed by atoms with Crippen LogP contribution in [0.5, 0.6) is 0 Å². The average Bonchev–Trinajstić information content (AvgIpc) is 2.19. The molecule has 1 rings (SSSR count). The fraction of sp³-hybridized carbons (Fsp3) is 1.00. The third kappa shape index (κ3) is 4.34. The summed E-state index contributed by atoms with van der Waals surface area (Å²) >= 11 is 0. The van der Waals surface area contributed by atoms with Gasteiger partial charge in [-0.05, 0) is 13.3 Å². The van der Waals surface area contributed by atoms with Gasteiger partial charge in [0.25, 0.3) is 0 Å². The molecular weight excluding hydrogens is 186 g/mol. The van der Waals surface area contributed by atoms with Crippen molar-refractivity contribution in [3.8, 4) is 0 Å². The fourth-order valence-electron chi connectivity index (χ4n) is 1.22. The summed E-state index contributed by atoms with van der Waals surface area (Å²) in [5, 5.41) is 21.3. The Bertz CT molecular complexity index is 157. The van der Waals surface area contributed by atoms with E-state index in [2.05, 4.69) is 5.32 Å². The number of ether oxygens (including phenoxy) is 2. The van der Waals surface area contributed by atoms with Gasteiger partial charge in [0, 0.05) is 13.1 Å². The van der Waals surface area contributed by atoms with E-state index in [0.29, 0.717) is 19.9 Å². The molecule has 0 aromatic heterocycles. The van der Waals surface area contributed by atoms with E-state index in [1.165, 1.54) is 0 Å². The summed E-state index contributed by atoms with van der Waals surface area (Å²) in [7, 11) is 0. The van der Waals surface area contributed by atoms with Gasteiger partial charge in [0.1, 0.15) is 6.79 Å². The van der Waals surface area contributed by atoms with E-state index in [0.717, 1.165) is 13.0 Å². The minimum Gasteiger partial charge on any atom is -0.393 e. The van der Waals surface area contributed by atoms with E-state index >= 15 is 0 Å². The molecule has 3 N–H and O–H groups in total. The molecule has 0 radical (unpaired) electrons. The van der Waals surface area contributed by atoms with Crippen molar-refractivity contribution < 1.29 is 19.7 Å². The lowest BCUT2D eigenvalue weighted by atomic mass is 10.1. The van der Waals surface area contributed by atoms with Crippen LogP contribution in [0.25, 0.3) is 0 Å². The molecule has 1 aliphatic rings. The summed E-state index contributed by atoms with van der Waals surface area (Å²) in [6, 6.07) is 0. The topological polar surface area (TPSA) is 71.0 Å². The Morgan fingerprint density at radius 3 is 2.93 bits per heavy atom. The van der Waals surface area contributed by atoms with E-state index in [-0.39, 0.29) is 12.7 Å². The maximum absolute atomic E-state index is 9.47. The quantitative estimate of drug-likeness (QED) is 0.541. The van der Waals surface area contributed by atoms with Crippen molar-refractivity contribution in [2.24, 2.45) is 0 Å². The van der Waals surface area contributed by atoms with Crippen LogP contribution in [0, 0.1) is 0 Å². The van der Waals surface area contributed by atoms with E-state index in [1.807, 2.05) is 0 Å². The van der Waals surface area contributed by atoms with Gasteiger partial charge in [-0.15, -0.1) is 0 Å². The molecular formula is C9H19NO4. The van der Waals surface area contributed by atoms with Gasteiger partial charge < -0.3 is 25.0 Å². The first kappa shape index (κ1) is 11.9. The van der Waals surface area contributed by atoms with Gasteiger partial charge >= 0.3 is 0 Å². The molecule has 5 nitrogen and oxygen atoms in total. The highest BCUT2D eigenvalue weighted by atomic mass is 16.7. The maximum Gasteiger partial charge on any atom is 0.147 e. The monoisotopic (exact) mass is 205 g/mol. The van der Waals surface area contributed by atoms with Crippen LogP contribution in [0.15, 0.2) is 0 Å². The van der Waals surface area contributed by atoms with E-state index < -0.39 is 5.60 Å². The Hall–Kier alpha value is -0.200. The first-order valence-corrected chi connectivity index (χ1v) is 4.87. The summed E-state index contributed by atoms with van der Waals surface area (Å²) in [4.78, 5) is 0. The lowest BCUT2D eigenvalue weighted by Gasteiger charge is -2.25. The Kier molecular flexibility index (Phi) is 4.77. The molecule has 0 aromatic carbocycles. The molecule has 0 bridgehead atoms.